The van der Waals surface area contributed by atoms with Crippen LogP contribution in [0.2, 0.25) is 5.02 Å². The number of amides is 2. The number of ketones is 1. The highest BCUT2D eigenvalue weighted by Gasteiger charge is 2.73. The minimum atomic E-state index is -1.39. The van der Waals surface area contributed by atoms with E-state index in [1.807, 2.05) is 54.6 Å². The average molecular weight is 659 g/mol. The van der Waals surface area contributed by atoms with Crippen molar-refractivity contribution in [3.8, 4) is 0 Å². The Morgan fingerprint density at radius 2 is 1.18 bits per heavy atom. The molecule has 0 unspecified atom stereocenters. The Morgan fingerprint density at radius 3 is 1.64 bits per heavy atom. The Bertz CT molecular complexity index is 1750. The molecule has 6 nitrogen and oxygen atoms in total. The van der Waals surface area contributed by atoms with Crippen molar-refractivity contribution in [1.29, 1.82) is 0 Å². The van der Waals surface area contributed by atoms with Crippen LogP contribution < -0.4 is 0 Å². The van der Waals surface area contributed by atoms with Crippen molar-refractivity contribution in [2.24, 2.45) is 11.8 Å². The maximum absolute atomic E-state index is 14.6. The number of benzene rings is 4. The molecule has 0 saturated carbocycles. The lowest BCUT2D eigenvalue weighted by molar-refractivity contribution is -0.160. The van der Waals surface area contributed by atoms with Gasteiger partial charge in [0.1, 0.15) is 15.8 Å². The number of carbonyl (C=O) groups is 4. The highest BCUT2D eigenvalue weighted by atomic mass is 35.5. The summed E-state index contributed by atoms with van der Waals surface area (Å²) < 4.78 is 5.70. The van der Waals surface area contributed by atoms with Crippen LogP contribution in [0.15, 0.2) is 103 Å². The van der Waals surface area contributed by atoms with Gasteiger partial charge in [0.2, 0.25) is 17.6 Å². The zero-order chi connectivity index (χ0) is 31.7. The van der Waals surface area contributed by atoms with Crippen LogP contribution in [-0.2, 0) is 35.3 Å². The highest BCUT2D eigenvalue weighted by Crippen LogP contribution is 2.69. The number of likely N-dealkylation sites (tertiary alicyclic amines) is 1. The molecule has 9 heteroatoms. The van der Waals surface area contributed by atoms with E-state index in [1.165, 1.54) is 6.92 Å². The van der Waals surface area contributed by atoms with Crippen molar-refractivity contribution < 1.29 is 23.9 Å². The van der Waals surface area contributed by atoms with E-state index in [2.05, 4.69) is 0 Å². The lowest BCUT2D eigenvalue weighted by Crippen LogP contribution is -2.57. The van der Waals surface area contributed by atoms with Crippen molar-refractivity contribution in [3.63, 3.8) is 0 Å². The Labute approximate surface area is 274 Å². The van der Waals surface area contributed by atoms with Gasteiger partial charge in [-0.15, -0.1) is 23.2 Å². The van der Waals surface area contributed by atoms with Gasteiger partial charge >= 0.3 is 5.97 Å². The van der Waals surface area contributed by atoms with Gasteiger partial charge in [-0.25, -0.2) is 4.79 Å². The molecule has 45 heavy (non-hydrogen) atoms. The topological polar surface area (TPSA) is 80.8 Å². The van der Waals surface area contributed by atoms with Crippen LogP contribution in [-0.4, -0.2) is 40.6 Å². The quantitative estimate of drug-likeness (QED) is 0.0961. The number of hydrogen-bond donors (Lipinski definition) is 0. The molecule has 2 amide bonds. The monoisotopic (exact) mass is 657 g/mol. The second-order valence-electron chi connectivity index (χ2n) is 11.7. The van der Waals surface area contributed by atoms with E-state index in [0.717, 1.165) is 4.90 Å². The van der Waals surface area contributed by atoms with E-state index < -0.39 is 57.3 Å². The zero-order valence-corrected chi connectivity index (χ0v) is 26.2. The standard InChI is InChI=1S/C36H26Cl3NO5/c1-20(31(41)22-15-17-23(37)18-16-22)45-34(44)28(19-21-9-3-2-4-10-21)40-32(42)29-30(33(40)43)36(39)25-12-6-5-11-24(25)35(29,38)26-13-7-8-14-27(26)36/h2-18,20,28-30H,19H2,1H3/t20-,28+,29-,30+,35?,36?/m0/s1. The number of imide groups is 1. The molecule has 3 aliphatic carbocycles. The number of hydrogen-bond acceptors (Lipinski definition) is 5. The third-order valence-electron chi connectivity index (χ3n) is 9.27. The van der Waals surface area contributed by atoms with Crippen molar-refractivity contribution >= 4 is 58.4 Å². The van der Waals surface area contributed by atoms with Crippen LogP contribution in [0.4, 0.5) is 0 Å². The number of carbonyl (C=O) groups excluding carboxylic acids is 4. The Morgan fingerprint density at radius 1 is 0.733 bits per heavy atom. The van der Waals surface area contributed by atoms with E-state index >= 15 is 0 Å². The third-order valence-corrected chi connectivity index (χ3v) is 10.8. The fourth-order valence-corrected chi connectivity index (χ4v) is 8.49. The predicted molar refractivity (Wildman–Crippen MR) is 170 cm³/mol. The molecule has 226 valence electrons. The number of esters is 1. The minimum absolute atomic E-state index is 0.0249. The largest absolute Gasteiger partial charge is 0.453 e. The summed E-state index contributed by atoms with van der Waals surface area (Å²) in [6.07, 6.45) is -1.22. The fourth-order valence-electron chi connectivity index (χ4n) is 7.27. The van der Waals surface area contributed by atoms with Crippen molar-refractivity contribution in [2.75, 3.05) is 0 Å². The Hall–Kier alpha value is -3.97. The molecule has 8 rings (SSSR count). The molecular formula is C36H26Cl3NO5. The molecule has 4 aliphatic rings. The first kappa shape index (κ1) is 29.7. The van der Waals surface area contributed by atoms with Gasteiger partial charge in [-0.1, -0.05) is 90.5 Å². The lowest BCUT2D eigenvalue weighted by atomic mass is 9.54. The second-order valence-corrected chi connectivity index (χ2v) is 13.3. The first-order valence-corrected chi connectivity index (χ1v) is 15.7. The molecule has 4 aromatic carbocycles. The Balaban J connectivity index is 1.30. The third kappa shape index (κ3) is 4.30. The van der Waals surface area contributed by atoms with Crippen LogP contribution in [0.5, 0.6) is 0 Å². The normalized spacial score (nSPS) is 25.6. The molecule has 1 saturated heterocycles. The molecule has 1 heterocycles. The van der Waals surface area contributed by atoms with Gasteiger partial charge in [0, 0.05) is 17.0 Å². The van der Waals surface area contributed by atoms with Gasteiger partial charge in [0.15, 0.2) is 6.10 Å². The average Bonchev–Trinajstić information content (AvgIpc) is 3.33. The summed E-state index contributed by atoms with van der Waals surface area (Å²) in [4.78, 5) is 54.5. The van der Waals surface area contributed by atoms with E-state index in [0.29, 0.717) is 38.4 Å². The van der Waals surface area contributed by atoms with Gasteiger partial charge in [-0.3, -0.25) is 19.3 Å². The van der Waals surface area contributed by atoms with Crippen molar-refractivity contribution in [3.05, 3.63) is 142 Å². The van der Waals surface area contributed by atoms with Crippen LogP contribution in [0.25, 0.3) is 0 Å². The maximum Gasteiger partial charge on any atom is 0.330 e. The summed E-state index contributed by atoms with van der Waals surface area (Å²) >= 11 is 21.1. The summed E-state index contributed by atoms with van der Waals surface area (Å²) in [5, 5.41) is 0.457. The first-order valence-electron chi connectivity index (χ1n) is 14.6. The summed E-state index contributed by atoms with van der Waals surface area (Å²) in [6.45, 7) is 1.46. The highest BCUT2D eigenvalue weighted by molar-refractivity contribution is 6.36. The fraction of sp³-hybridized carbons (Fsp3) is 0.222. The van der Waals surface area contributed by atoms with Crippen LogP contribution in [0, 0.1) is 11.8 Å². The molecule has 1 fully saturated rings. The predicted octanol–water partition coefficient (Wildman–Crippen LogP) is 6.66. The van der Waals surface area contributed by atoms with Gasteiger partial charge in [-0.2, -0.15) is 0 Å². The van der Waals surface area contributed by atoms with Gasteiger partial charge < -0.3 is 4.74 Å². The van der Waals surface area contributed by atoms with Crippen LogP contribution >= 0.6 is 34.8 Å². The van der Waals surface area contributed by atoms with E-state index in [9.17, 15) is 19.2 Å². The second kappa shape index (κ2) is 10.8. The number of alkyl halides is 2. The molecule has 4 atom stereocenters. The molecule has 1 aliphatic heterocycles. The molecular weight excluding hydrogens is 633 g/mol. The number of Topliss-reactive ketones (excluding diaryl/α,β-unsaturated/α-hetero) is 1. The van der Waals surface area contributed by atoms with Crippen molar-refractivity contribution in [2.45, 2.75) is 35.2 Å². The summed E-state index contributed by atoms with van der Waals surface area (Å²) in [5.41, 5.74) is 3.65. The molecule has 0 spiro atoms. The van der Waals surface area contributed by atoms with E-state index in [4.69, 9.17) is 39.5 Å². The molecule has 0 N–H and O–H groups in total. The molecule has 0 radical (unpaired) electrons. The van der Waals surface area contributed by atoms with Crippen molar-refractivity contribution in [1.82, 2.24) is 4.90 Å². The smallest absolute Gasteiger partial charge is 0.330 e. The van der Waals surface area contributed by atoms with Crippen LogP contribution in [0.1, 0.15) is 45.1 Å². The van der Waals surface area contributed by atoms with Gasteiger partial charge in [0.25, 0.3) is 0 Å². The summed E-state index contributed by atoms with van der Waals surface area (Å²) in [5.74, 6) is -4.70. The van der Waals surface area contributed by atoms with Crippen LogP contribution in [0.3, 0.4) is 0 Å². The van der Waals surface area contributed by atoms with E-state index in [1.54, 1.807) is 48.5 Å². The zero-order valence-electron chi connectivity index (χ0n) is 24.0. The van der Waals surface area contributed by atoms with E-state index in [-0.39, 0.29) is 6.42 Å². The summed E-state index contributed by atoms with van der Waals surface area (Å²) in [6, 6.07) is 28.5. The molecule has 0 aromatic heterocycles. The van der Waals surface area contributed by atoms with Gasteiger partial charge in [0.05, 0.1) is 11.8 Å². The number of nitrogens with zero attached hydrogens (tertiary/aromatic N) is 1. The summed E-state index contributed by atoms with van der Waals surface area (Å²) in [7, 11) is 0. The lowest BCUT2D eigenvalue weighted by Gasteiger charge is -2.54. The number of ether oxygens (including phenoxy) is 1. The SMILES string of the molecule is C[C@H](OC(=O)[C@@H](Cc1ccccc1)N1C(=O)[C@@H]2[C@H](C1=O)C1(Cl)c3ccccc3C2(Cl)c2ccccc21)C(=O)c1ccc(Cl)cc1. The minimum Gasteiger partial charge on any atom is -0.453 e. The first-order chi connectivity index (χ1) is 21.6. The Kier molecular flexibility index (Phi) is 7.16. The maximum atomic E-state index is 14.6. The molecule has 4 aromatic rings. The number of rotatable bonds is 7. The number of halogens is 3. The van der Waals surface area contributed by atoms with Gasteiger partial charge in [-0.05, 0) is 59.0 Å². The molecule has 2 bridgehead atoms.